The Balaban J connectivity index is 1.60. The number of imide groups is 2. The maximum absolute atomic E-state index is 13.0. The summed E-state index contributed by atoms with van der Waals surface area (Å²) in [7, 11) is 0. The highest BCUT2D eigenvalue weighted by Gasteiger charge is 2.45. The molecule has 148 valence electrons. The number of nitrogens with one attached hydrogen (secondary N) is 1. The molecule has 4 amide bonds. The minimum absolute atomic E-state index is 0.0236. The predicted molar refractivity (Wildman–Crippen MR) is 97.2 cm³/mol. The van der Waals surface area contributed by atoms with Gasteiger partial charge in [-0.05, 0) is 36.2 Å². The summed E-state index contributed by atoms with van der Waals surface area (Å²) in [5, 5.41) is 21.1. The molecule has 0 bridgehead atoms. The monoisotopic (exact) mass is 396 g/mol. The third-order valence-electron chi connectivity index (χ3n) is 4.86. The van der Waals surface area contributed by atoms with Crippen LogP contribution in [0.4, 0.5) is 0 Å². The van der Waals surface area contributed by atoms with Crippen molar-refractivity contribution < 1.29 is 34.1 Å². The lowest BCUT2D eigenvalue weighted by molar-refractivity contribution is -0.136. The molecule has 1 atom stereocenters. The van der Waals surface area contributed by atoms with Crippen molar-refractivity contribution in [1.82, 2.24) is 10.2 Å². The maximum atomic E-state index is 13.0. The molecule has 0 spiro atoms. The largest absolute Gasteiger partial charge is 0.504 e. The summed E-state index contributed by atoms with van der Waals surface area (Å²) in [6.07, 6.45) is 0.108. The highest BCUT2D eigenvalue weighted by atomic mass is 16.5. The molecular weight excluding hydrogens is 380 g/mol. The molecule has 0 aromatic heterocycles. The molecular formula is C20H16N2O7. The van der Waals surface area contributed by atoms with Crippen LogP contribution >= 0.6 is 0 Å². The second-order valence-corrected chi connectivity index (χ2v) is 6.74. The zero-order valence-electron chi connectivity index (χ0n) is 15.0. The average molecular weight is 396 g/mol. The lowest BCUT2D eigenvalue weighted by atomic mass is 10.0. The van der Waals surface area contributed by atoms with E-state index < -0.39 is 29.7 Å². The number of aromatic hydroxyl groups is 2. The Hall–Kier alpha value is -3.88. The number of nitrogens with zero attached hydrogens (tertiary/aromatic N) is 1. The van der Waals surface area contributed by atoms with E-state index in [2.05, 4.69) is 5.32 Å². The van der Waals surface area contributed by atoms with Gasteiger partial charge in [0.25, 0.3) is 11.8 Å². The highest BCUT2D eigenvalue weighted by Crippen LogP contribution is 2.34. The van der Waals surface area contributed by atoms with Crippen molar-refractivity contribution >= 4 is 23.6 Å². The number of piperidine rings is 1. The number of hydrogen-bond donors (Lipinski definition) is 3. The maximum Gasteiger partial charge on any atom is 0.266 e. The molecule has 1 saturated heterocycles. The highest BCUT2D eigenvalue weighted by molar-refractivity contribution is 6.24. The van der Waals surface area contributed by atoms with Crippen LogP contribution in [0.5, 0.6) is 17.2 Å². The van der Waals surface area contributed by atoms with Crippen LogP contribution in [0.3, 0.4) is 0 Å². The van der Waals surface area contributed by atoms with Crippen LogP contribution in [0.1, 0.15) is 39.1 Å². The van der Waals surface area contributed by atoms with Crippen molar-refractivity contribution in [3.8, 4) is 17.2 Å². The van der Waals surface area contributed by atoms with Crippen molar-refractivity contribution in [1.29, 1.82) is 0 Å². The third kappa shape index (κ3) is 3.16. The smallest absolute Gasteiger partial charge is 0.266 e. The summed E-state index contributed by atoms with van der Waals surface area (Å²) in [6.45, 7) is -0.0236. The number of fused-ring (bicyclic) bond motifs is 1. The van der Waals surface area contributed by atoms with E-state index in [0.29, 0.717) is 5.56 Å². The molecule has 2 aromatic carbocycles. The van der Waals surface area contributed by atoms with Crippen molar-refractivity contribution in [3.63, 3.8) is 0 Å². The van der Waals surface area contributed by atoms with Gasteiger partial charge in [0, 0.05) is 6.42 Å². The standard InChI is InChI=1S/C20H16N2O7/c23-13-6-4-10(8-14(13)24)9-29-15-3-1-2-11-17(15)20(28)22(19(11)27)12-5-7-16(25)21-18(12)26/h1-4,6,8,12,23-24H,5,7,9H2,(H,21,25,26). The van der Waals surface area contributed by atoms with Crippen molar-refractivity contribution in [3.05, 3.63) is 53.1 Å². The third-order valence-corrected chi connectivity index (χ3v) is 4.86. The fourth-order valence-corrected chi connectivity index (χ4v) is 3.42. The molecule has 0 radical (unpaired) electrons. The van der Waals surface area contributed by atoms with Gasteiger partial charge in [-0.1, -0.05) is 12.1 Å². The number of phenolic OH excluding ortho intramolecular Hbond substituents is 2. The van der Waals surface area contributed by atoms with Gasteiger partial charge in [-0.15, -0.1) is 0 Å². The topological polar surface area (TPSA) is 133 Å². The second kappa shape index (κ2) is 6.93. The Morgan fingerprint density at radius 3 is 2.55 bits per heavy atom. The molecule has 9 heteroatoms. The van der Waals surface area contributed by atoms with E-state index in [9.17, 15) is 29.4 Å². The fourth-order valence-electron chi connectivity index (χ4n) is 3.42. The lowest BCUT2D eigenvalue weighted by Gasteiger charge is -2.27. The number of carbonyl (C=O) groups excluding carboxylic acids is 4. The molecule has 1 unspecified atom stereocenters. The number of rotatable bonds is 4. The van der Waals surface area contributed by atoms with E-state index in [1.165, 1.54) is 24.3 Å². The summed E-state index contributed by atoms with van der Waals surface area (Å²) in [4.78, 5) is 50.1. The Kier molecular flexibility index (Phi) is 4.42. The van der Waals surface area contributed by atoms with Gasteiger partial charge < -0.3 is 14.9 Å². The molecule has 2 aliphatic rings. The zero-order valence-corrected chi connectivity index (χ0v) is 15.0. The van der Waals surface area contributed by atoms with Crippen LogP contribution in [-0.4, -0.2) is 44.8 Å². The molecule has 29 heavy (non-hydrogen) atoms. The van der Waals surface area contributed by atoms with Crippen LogP contribution in [0.15, 0.2) is 36.4 Å². The van der Waals surface area contributed by atoms with Crippen LogP contribution in [0.2, 0.25) is 0 Å². The molecule has 2 aromatic rings. The minimum atomic E-state index is -1.05. The van der Waals surface area contributed by atoms with E-state index in [0.717, 1.165) is 4.90 Å². The van der Waals surface area contributed by atoms with Gasteiger partial charge in [-0.3, -0.25) is 29.4 Å². The quantitative estimate of drug-likeness (QED) is 0.520. The van der Waals surface area contributed by atoms with Crippen molar-refractivity contribution in [2.75, 3.05) is 0 Å². The number of benzene rings is 2. The van der Waals surface area contributed by atoms with E-state index in [4.69, 9.17) is 4.74 Å². The summed E-state index contributed by atoms with van der Waals surface area (Å²) >= 11 is 0. The van der Waals surface area contributed by atoms with Gasteiger partial charge in [-0.2, -0.15) is 0 Å². The van der Waals surface area contributed by atoms with Crippen LogP contribution in [0, 0.1) is 0 Å². The van der Waals surface area contributed by atoms with Crippen LogP contribution < -0.4 is 10.1 Å². The fraction of sp³-hybridized carbons (Fsp3) is 0.200. The molecule has 4 rings (SSSR count). The van der Waals surface area contributed by atoms with E-state index in [1.54, 1.807) is 12.1 Å². The van der Waals surface area contributed by atoms with Gasteiger partial charge in [0.05, 0.1) is 11.1 Å². The van der Waals surface area contributed by atoms with E-state index in [-0.39, 0.29) is 47.8 Å². The zero-order chi connectivity index (χ0) is 20.7. The van der Waals surface area contributed by atoms with Crippen LogP contribution in [0.25, 0.3) is 0 Å². The Labute approximate surface area is 164 Å². The molecule has 2 heterocycles. The summed E-state index contributed by atoms with van der Waals surface area (Å²) in [5.41, 5.74) is 0.702. The normalized spacial score (nSPS) is 18.6. The number of carbonyl (C=O) groups is 4. The Morgan fingerprint density at radius 1 is 1.03 bits per heavy atom. The van der Waals surface area contributed by atoms with Gasteiger partial charge in [0.15, 0.2) is 11.5 Å². The van der Waals surface area contributed by atoms with Gasteiger partial charge in [0.2, 0.25) is 11.8 Å². The number of phenols is 2. The molecule has 0 aliphatic carbocycles. The Bertz CT molecular complexity index is 1060. The van der Waals surface area contributed by atoms with Crippen molar-refractivity contribution in [2.45, 2.75) is 25.5 Å². The van der Waals surface area contributed by atoms with E-state index >= 15 is 0 Å². The van der Waals surface area contributed by atoms with Gasteiger partial charge >= 0.3 is 0 Å². The first kappa shape index (κ1) is 18.5. The predicted octanol–water partition coefficient (Wildman–Crippen LogP) is 1.08. The summed E-state index contributed by atoms with van der Waals surface area (Å²) in [5.74, 6) is -2.82. The molecule has 2 aliphatic heterocycles. The number of ether oxygens (including phenoxy) is 1. The lowest BCUT2D eigenvalue weighted by Crippen LogP contribution is -2.54. The number of amides is 4. The van der Waals surface area contributed by atoms with Gasteiger partial charge in [-0.25, -0.2) is 0 Å². The summed E-state index contributed by atoms with van der Waals surface area (Å²) < 4.78 is 5.68. The average Bonchev–Trinajstić information content (AvgIpc) is 2.94. The van der Waals surface area contributed by atoms with Crippen molar-refractivity contribution in [2.24, 2.45) is 0 Å². The molecule has 9 nitrogen and oxygen atoms in total. The summed E-state index contributed by atoms with van der Waals surface area (Å²) in [6, 6.07) is 7.67. The number of hydrogen-bond acceptors (Lipinski definition) is 7. The first-order valence-electron chi connectivity index (χ1n) is 8.85. The Morgan fingerprint density at radius 2 is 1.83 bits per heavy atom. The molecule has 0 saturated carbocycles. The molecule has 1 fully saturated rings. The first-order chi connectivity index (χ1) is 13.9. The second-order valence-electron chi connectivity index (χ2n) is 6.74. The van der Waals surface area contributed by atoms with E-state index in [1.807, 2.05) is 0 Å². The first-order valence-corrected chi connectivity index (χ1v) is 8.85. The van der Waals surface area contributed by atoms with Gasteiger partial charge in [0.1, 0.15) is 18.4 Å². The minimum Gasteiger partial charge on any atom is -0.504 e. The van der Waals surface area contributed by atoms with Crippen LogP contribution in [-0.2, 0) is 16.2 Å². The molecule has 3 N–H and O–H groups in total. The SMILES string of the molecule is O=C1CCC(N2C(=O)c3cccc(OCc4ccc(O)c(O)c4)c3C2=O)C(=O)N1.